The number of hydrogen-bond acceptors (Lipinski definition) is 6. The van der Waals surface area contributed by atoms with Gasteiger partial charge in [-0.2, -0.15) is 11.8 Å². The average Bonchev–Trinajstić information content (AvgIpc) is 3.21. The summed E-state index contributed by atoms with van der Waals surface area (Å²) in [6.07, 6.45) is 6.62. The van der Waals surface area contributed by atoms with Crippen molar-refractivity contribution in [2.75, 3.05) is 12.5 Å². The van der Waals surface area contributed by atoms with Crippen LogP contribution in [0.4, 0.5) is 8.78 Å². The van der Waals surface area contributed by atoms with Crippen molar-refractivity contribution in [1.29, 1.82) is 5.41 Å². The van der Waals surface area contributed by atoms with Gasteiger partial charge in [0, 0.05) is 12.1 Å². The van der Waals surface area contributed by atoms with Crippen LogP contribution in [0.1, 0.15) is 17.0 Å². The van der Waals surface area contributed by atoms with Crippen LogP contribution in [-0.4, -0.2) is 44.6 Å². The van der Waals surface area contributed by atoms with Crippen LogP contribution in [0.3, 0.4) is 0 Å². The molecule has 0 saturated heterocycles. The molecule has 0 amide bonds. The van der Waals surface area contributed by atoms with E-state index in [1.807, 2.05) is 43.7 Å². The summed E-state index contributed by atoms with van der Waals surface area (Å²) in [4.78, 5) is 15.7. The Hall–Kier alpha value is -2.91. The first-order chi connectivity index (χ1) is 14.4. The van der Waals surface area contributed by atoms with Crippen LogP contribution in [0.2, 0.25) is 0 Å². The number of hydrogen-bond donors (Lipinski definition) is 3. The van der Waals surface area contributed by atoms with Crippen LogP contribution in [0.5, 0.6) is 0 Å². The summed E-state index contributed by atoms with van der Waals surface area (Å²) < 4.78 is 24.7. The molecule has 0 unspecified atom stereocenters. The van der Waals surface area contributed by atoms with Crippen molar-refractivity contribution in [3.8, 4) is 22.6 Å². The van der Waals surface area contributed by atoms with E-state index in [0.717, 1.165) is 28.5 Å². The molecule has 0 radical (unpaired) electrons. The molecule has 6 nitrogen and oxygen atoms in total. The largest absolute Gasteiger partial charge is 0.337 e. The molecule has 2 aromatic heterocycles. The summed E-state index contributed by atoms with van der Waals surface area (Å²) in [5.74, 6) is 0.358. The zero-order chi connectivity index (χ0) is 22.1. The maximum absolute atomic E-state index is 12.4. The number of nitrogens with two attached hydrogens (primary N) is 1. The Kier molecular flexibility index (Phi) is 8.82. The van der Waals surface area contributed by atoms with Crippen LogP contribution in [0, 0.1) is 12.3 Å². The van der Waals surface area contributed by atoms with Gasteiger partial charge in [0.1, 0.15) is 12.2 Å². The van der Waals surface area contributed by atoms with E-state index in [-0.39, 0.29) is 0 Å². The first-order valence-electron chi connectivity index (χ1n) is 9.01. The molecule has 0 spiro atoms. The molecule has 0 atom stereocenters. The van der Waals surface area contributed by atoms with E-state index in [1.165, 1.54) is 12.4 Å². The Morgan fingerprint density at radius 1 is 1.17 bits per heavy atom. The number of nitrogens with one attached hydrogen (secondary N) is 2. The van der Waals surface area contributed by atoms with Gasteiger partial charge in [0.25, 0.3) is 6.43 Å². The number of thioether (sulfide) groups is 1. The van der Waals surface area contributed by atoms with Gasteiger partial charge in [0.2, 0.25) is 0 Å². The lowest BCUT2D eigenvalue weighted by Gasteiger charge is -2.07. The van der Waals surface area contributed by atoms with E-state index in [2.05, 4.69) is 19.9 Å². The summed E-state index contributed by atoms with van der Waals surface area (Å²) in [6, 6.07) is 7.84. The zero-order valence-electron chi connectivity index (χ0n) is 17.0. The molecule has 1 aromatic carbocycles. The molecule has 0 aliphatic carbocycles. The highest BCUT2D eigenvalue weighted by molar-refractivity contribution is 7.97. The minimum Gasteiger partial charge on any atom is -0.337 e. The van der Waals surface area contributed by atoms with Crippen molar-refractivity contribution in [2.45, 2.75) is 19.9 Å². The fourth-order valence-corrected chi connectivity index (χ4v) is 2.58. The SMILES string of the molecule is CSC.Cc1cc(CN)cc(-c2cc(-c3cnc(/C=C\C(=N)C(F)F)[nH]3)ncn2)c1. The van der Waals surface area contributed by atoms with Gasteiger partial charge >= 0.3 is 0 Å². The van der Waals surface area contributed by atoms with Crippen molar-refractivity contribution in [1.82, 2.24) is 19.9 Å². The second kappa shape index (κ2) is 11.3. The topological polar surface area (TPSA) is 104 Å². The van der Waals surface area contributed by atoms with Crippen LogP contribution >= 0.6 is 11.8 Å². The van der Waals surface area contributed by atoms with Gasteiger partial charge in [-0.15, -0.1) is 0 Å². The zero-order valence-corrected chi connectivity index (χ0v) is 17.8. The first kappa shape index (κ1) is 23.4. The summed E-state index contributed by atoms with van der Waals surface area (Å²) in [5.41, 5.74) is 9.98. The molecule has 0 aliphatic heterocycles. The van der Waals surface area contributed by atoms with Crippen molar-refractivity contribution in [2.24, 2.45) is 5.73 Å². The molecule has 0 saturated carbocycles. The third-order valence-corrected chi connectivity index (χ3v) is 3.86. The minimum absolute atomic E-state index is 0.358. The molecule has 0 bridgehead atoms. The number of allylic oxidation sites excluding steroid dienone is 1. The van der Waals surface area contributed by atoms with Gasteiger partial charge in [0.15, 0.2) is 0 Å². The second-order valence-corrected chi connectivity index (χ2v) is 7.20. The number of aryl methyl sites for hydroxylation is 1. The summed E-state index contributed by atoms with van der Waals surface area (Å²) >= 11 is 1.75. The molecule has 158 valence electrons. The molecule has 0 fully saturated rings. The highest BCUT2D eigenvalue weighted by atomic mass is 32.2. The smallest absolute Gasteiger partial charge is 0.279 e. The number of nitrogens with zero attached hydrogens (tertiary/aromatic N) is 3. The van der Waals surface area contributed by atoms with Crippen LogP contribution in [-0.2, 0) is 6.54 Å². The van der Waals surface area contributed by atoms with Crippen molar-refractivity contribution in [3.63, 3.8) is 0 Å². The number of alkyl halides is 2. The lowest BCUT2D eigenvalue weighted by molar-refractivity contribution is 0.226. The summed E-state index contributed by atoms with van der Waals surface area (Å²) in [5, 5.41) is 7.13. The van der Waals surface area contributed by atoms with Gasteiger partial charge in [-0.25, -0.2) is 23.7 Å². The van der Waals surface area contributed by atoms with Crippen molar-refractivity contribution < 1.29 is 8.78 Å². The third kappa shape index (κ3) is 6.57. The molecule has 2 heterocycles. The van der Waals surface area contributed by atoms with E-state index < -0.39 is 12.1 Å². The maximum Gasteiger partial charge on any atom is 0.279 e. The monoisotopic (exact) mass is 430 g/mol. The normalized spacial score (nSPS) is 10.9. The van der Waals surface area contributed by atoms with Gasteiger partial charge in [-0.05, 0) is 55.3 Å². The van der Waals surface area contributed by atoms with E-state index >= 15 is 0 Å². The van der Waals surface area contributed by atoms with E-state index in [1.54, 1.807) is 18.0 Å². The Labute approximate surface area is 178 Å². The molecule has 30 heavy (non-hydrogen) atoms. The lowest BCUT2D eigenvalue weighted by Crippen LogP contribution is -2.03. The Morgan fingerprint density at radius 3 is 2.53 bits per heavy atom. The molecule has 3 aromatic rings. The summed E-state index contributed by atoms with van der Waals surface area (Å²) in [6.45, 7) is 2.44. The van der Waals surface area contributed by atoms with E-state index in [9.17, 15) is 8.78 Å². The number of benzene rings is 1. The predicted octanol–water partition coefficient (Wildman–Crippen LogP) is 4.58. The highest BCUT2D eigenvalue weighted by Crippen LogP contribution is 2.24. The van der Waals surface area contributed by atoms with Gasteiger partial charge in [-0.3, -0.25) is 5.41 Å². The highest BCUT2D eigenvalue weighted by Gasteiger charge is 2.09. The molecule has 4 N–H and O–H groups in total. The number of rotatable bonds is 6. The number of aromatic nitrogens is 4. The van der Waals surface area contributed by atoms with Gasteiger partial charge in [-0.1, -0.05) is 11.6 Å². The van der Waals surface area contributed by atoms with Crippen LogP contribution in [0.15, 0.2) is 42.9 Å². The Balaban J connectivity index is 0.00000101. The molecule has 9 heteroatoms. The fraction of sp³-hybridized carbons (Fsp3) is 0.238. The number of H-pyrrole nitrogens is 1. The number of imidazole rings is 1. The van der Waals surface area contributed by atoms with Crippen molar-refractivity contribution in [3.05, 3.63) is 59.8 Å². The molecule has 0 aliphatic rings. The second-order valence-electron chi connectivity index (χ2n) is 6.38. The molecular weight excluding hydrogens is 406 g/mol. The fourth-order valence-electron chi connectivity index (χ4n) is 2.58. The van der Waals surface area contributed by atoms with Gasteiger partial charge < -0.3 is 10.7 Å². The van der Waals surface area contributed by atoms with E-state index in [4.69, 9.17) is 11.1 Å². The van der Waals surface area contributed by atoms with Crippen molar-refractivity contribution >= 4 is 23.5 Å². The quantitative estimate of drug-likeness (QED) is 0.497. The third-order valence-electron chi connectivity index (χ3n) is 3.86. The molecular formula is C21H24F2N6S. The standard InChI is InChI=1S/C19H18F2N6.C2H6S/c1-11-4-12(8-22)6-13(5-11)15-7-16(26-10-25-15)17-9-24-18(27-17)3-2-14(23)19(20)21;1-3-2/h2-7,9-10,19,23H,8,22H2,1H3,(H,24,27);1-2H3/b3-2-,23-14?;. The predicted molar refractivity (Wildman–Crippen MR) is 120 cm³/mol. The Morgan fingerprint density at radius 2 is 1.87 bits per heavy atom. The average molecular weight is 431 g/mol. The molecule has 3 rings (SSSR count). The Bertz CT molecular complexity index is 1020. The maximum atomic E-state index is 12.4. The van der Waals surface area contributed by atoms with Crippen LogP contribution in [0.25, 0.3) is 28.7 Å². The first-order valence-corrected chi connectivity index (χ1v) is 10.6. The lowest BCUT2D eigenvalue weighted by atomic mass is 10.0. The minimum atomic E-state index is -2.81. The number of aromatic amines is 1. The van der Waals surface area contributed by atoms with Gasteiger partial charge in [0.05, 0.1) is 29.0 Å². The van der Waals surface area contributed by atoms with Crippen LogP contribution < -0.4 is 5.73 Å². The number of halogens is 2. The van der Waals surface area contributed by atoms with E-state index in [0.29, 0.717) is 23.8 Å². The summed E-state index contributed by atoms with van der Waals surface area (Å²) in [7, 11) is 0.